The maximum atomic E-state index is 14.3. The molecular formula is C30H22N8O. The van der Waals surface area contributed by atoms with Crippen LogP contribution in [-0.2, 0) is 0 Å². The van der Waals surface area contributed by atoms with Gasteiger partial charge in [0.2, 0.25) is 0 Å². The summed E-state index contributed by atoms with van der Waals surface area (Å²) in [5, 5.41) is 14.1. The van der Waals surface area contributed by atoms with Gasteiger partial charge in [0.1, 0.15) is 24.3 Å². The molecule has 1 N–H and O–H groups in total. The molecule has 1 atom stereocenters. The van der Waals surface area contributed by atoms with Crippen molar-refractivity contribution in [2.24, 2.45) is 0 Å². The first-order valence-corrected chi connectivity index (χ1v) is 12.5. The lowest BCUT2D eigenvalue weighted by atomic mass is 10.0. The Bertz CT molecular complexity index is 1910. The van der Waals surface area contributed by atoms with E-state index in [1.807, 2.05) is 55.5 Å². The van der Waals surface area contributed by atoms with Gasteiger partial charge in [-0.1, -0.05) is 37.3 Å². The highest BCUT2D eigenvalue weighted by molar-refractivity contribution is 5.94. The Morgan fingerprint density at radius 1 is 0.949 bits per heavy atom. The monoisotopic (exact) mass is 510 g/mol. The molecule has 0 saturated carbocycles. The third-order valence-corrected chi connectivity index (χ3v) is 6.60. The molecule has 0 saturated heterocycles. The van der Waals surface area contributed by atoms with Gasteiger partial charge in [-0.25, -0.2) is 24.9 Å². The number of fused-ring (bicyclic) bond motifs is 2. The SMILES string of the molecule is CC[C@H](Nc1ncnc2ccc(C#N)cc12)c1nc2cccc(-c3cncnc3)c2c(=O)n1-c1ccccc1. The van der Waals surface area contributed by atoms with Crippen molar-refractivity contribution in [3.8, 4) is 22.9 Å². The smallest absolute Gasteiger partial charge is 0.266 e. The Morgan fingerprint density at radius 3 is 2.54 bits per heavy atom. The van der Waals surface area contributed by atoms with Crippen LogP contribution in [0.5, 0.6) is 0 Å². The predicted octanol–water partition coefficient (Wildman–Crippen LogP) is 5.22. The number of hydrogen-bond donors (Lipinski definition) is 1. The number of rotatable bonds is 6. The minimum absolute atomic E-state index is 0.194. The number of nitriles is 1. The molecular weight excluding hydrogens is 488 g/mol. The Kier molecular flexibility index (Phi) is 6.19. The fraction of sp³-hybridized carbons (Fsp3) is 0.100. The average molecular weight is 511 g/mol. The van der Waals surface area contributed by atoms with E-state index in [1.54, 1.807) is 35.2 Å². The van der Waals surface area contributed by atoms with E-state index in [1.165, 1.54) is 12.7 Å². The van der Waals surface area contributed by atoms with Gasteiger partial charge in [0, 0.05) is 23.3 Å². The van der Waals surface area contributed by atoms with Crippen LogP contribution in [0.1, 0.15) is 30.8 Å². The van der Waals surface area contributed by atoms with E-state index in [4.69, 9.17) is 4.98 Å². The number of benzene rings is 3. The molecule has 39 heavy (non-hydrogen) atoms. The van der Waals surface area contributed by atoms with Crippen molar-refractivity contribution in [2.45, 2.75) is 19.4 Å². The van der Waals surface area contributed by atoms with Gasteiger partial charge >= 0.3 is 0 Å². The van der Waals surface area contributed by atoms with Crippen molar-refractivity contribution >= 4 is 27.6 Å². The van der Waals surface area contributed by atoms with Crippen molar-refractivity contribution in [3.05, 3.63) is 114 Å². The minimum atomic E-state index is -0.380. The Balaban J connectivity index is 1.58. The second-order valence-corrected chi connectivity index (χ2v) is 8.94. The van der Waals surface area contributed by atoms with Crippen molar-refractivity contribution in [2.75, 3.05) is 5.32 Å². The van der Waals surface area contributed by atoms with Crippen LogP contribution in [0.2, 0.25) is 0 Å². The number of para-hydroxylation sites is 1. The first-order valence-electron chi connectivity index (χ1n) is 12.5. The lowest BCUT2D eigenvalue weighted by molar-refractivity contribution is 0.659. The zero-order valence-corrected chi connectivity index (χ0v) is 21.0. The number of aromatic nitrogens is 6. The van der Waals surface area contributed by atoms with Crippen molar-refractivity contribution < 1.29 is 0 Å². The quantitative estimate of drug-likeness (QED) is 0.324. The molecule has 0 radical (unpaired) electrons. The van der Waals surface area contributed by atoms with Gasteiger partial charge in [0.25, 0.3) is 5.56 Å². The largest absolute Gasteiger partial charge is 0.359 e. The molecule has 3 aromatic heterocycles. The zero-order valence-electron chi connectivity index (χ0n) is 21.0. The fourth-order valence-electron chi connectivity index (χ4n) is 4.74. The van der Waals surface area contributed by atoms with Crippen LogP contribution in [0.3, 0.4) is 0 Å². The first-order chi connectivity index (χ1) is 19.2. The molecule has 0 aliphatic heterocycles. The van der Waals surface area contributed by atoms with Crippen LogP contribution in [0, 0.1) is 11.3 Å². The number of nitrogens with zero attached hydrogens (tertiary/aromatic N) is 7. The van der Waals surface area contributed by atoms with E-state index in [9.17, 15) is 10.1 Å². The van der Waals surface area contributed by atoms with Crippen LogP contribution < -0.4 is 10.9 Å². The summed E-state index contributed by atoms with van der Waals surface area (Å²) in [5.41, 5.74) is 3.75. The lowest BCUT2D eigenvalue weighted by Crippen LogP contribution is -2.28. The van der Waals surface area contributed by atoms with Crippen molar-refractivity contribution in [1.82, 2.24) is 29.5 Å². The third kappa shape index (κ3) is 4.34. The van der Waals surface area contributed by atoms with E-state index in [-0.39, 0.29) is 11.6 Å². The van der Waals surface area contributed by atoms with E-state index < -0.39 is 0 Å². The van der Waals surface area contributed by atoms with E-state index in [0.29, 0.717) is 51.3 Å². The second-order valence-electron chi connectivity index (χ2n) is 8.94. The van der Waals surface area contributed by atoms with Gasteiger partial charge in [-0.05, 0) is 48.4 Å². The summed E-state index contributed by atoms with van der Waals surface area (Å²) >= 11 is 0. The normalized spacial score (nSPS) is 11.8. The van der Waals surface area contributed by atoms with Gasteiger partial charge in [-0.15, -0.1) is 0 Å². The van der Waals surface area contributed by atoms with Gasteiger partial charge in [-0.2, -0.15) is 5.26 Å². The molecule has 9 heteroatoms. The van der Waals surface area contributed by atoms with Crippen LogP contribution in [0.4, 0.5) is 5.82 Å². The van der Waals surface area contributed by atoms with E-state index >= 15 is 0 Å². The van der Waals surface area contributed by atoms with E-state index in [2.05, 4.69) is 31.3 Å². The molecule has 188 valence electrons. The number of anilines is 1. The highest BCUT2D eigenvalue weighted by Gasteiger charge is 2.23. The molecule has 0 unspecified atom stereocenters. The van der Waals surface area contributed by atoms with Crippen molar-refractivity contribution in [3.63, 3.8) is 0 Å². The molecule has 0 aliphatic rings. The molecule has 0 fully saturated rings. The van der Waals surface area contributed by atoms with Crippen LogP contribution in [0.25, 0.3) is 38.6 Å². The van der Waals surface area contributed by atoms with Crippen molar-refractivity contribution in [1.29, 1.82) is 5.26 Å². The van der Waals surface area contributed by atoms with Gasteiger partial charge in [0.05, 0.1) is 39.8 Å². The Hall–Kier alpha value is -5.49. The molecule has 3 aromatic carbocycles. The van der Waals surface area contributed by atoms with Gasteiger partial charge < -0.3 is 5.32 Å². The summed E-state index contributed by atoms with van der Waals surface area (Å²) in [6.07, 6.45) is 6.93. The third-order valence-electron chi connectivity index (χ3n) is 6.60. The van der Waals surface area contributed by atoms with Crippen LogP contribution >= 0.6 is 0 Å². The molecule has 3 heterocycles. The summed E-state index contributed by atoms with van der Waals surface area (Å²) < 4.78 is 1.65. The lowest BCUT2D eigenvalue weighted by Gasteiger charge is -2.23. The van der Waals surface area contributed by atoms with Gasteiger partial charge in [0.15, 0.2) is 0 Å². The topological polar surface area (TPSA) is 122 Å². The summed E-state index contributed by atoms with van der Waals surface area (Å²) in [6.45, 7) is 2.02. The fourth-order valence-corrected chi connectivity index (χ4v) is 4.74. The molecule has 0 spiro atoms. The summed E-state index contributed by atoms with van der Waals surface area (Å²) in [7, 11) is 0. The molecule has 6 rings (SSSR count). The molecule has 0 aliphatic carbocycles. The maximum absolute atomic E-state index is 14.3. The zero-order chi connectivity index (χ0) is 26.8. The molecule has 9 nitrogen and oxygen atoms in total. The summed E-state index contributed by atoms with van der Waals surface area (Å²) in [5.74, 6) is 1.11. The minimum Gasteiger partial charge on any atom is -0.359 e. The first kappa shape index (κ1) is 23.9. The highest BCUT2D eigenvalue weighted by atomic mass is 16.1. The standard InChI is InChI=1S/C30H22N8O/c1-2-24(36-28-23-13-19(14-31)11-12-25(23)34-18-35-28)29-37-26-10-6-9-22(20-15-32-17-33-16-20)27(26)30(39)38(29)21-7-4-3-5-8-21/h3-13,15-18,24H,2H2,1H3,(H,34,35,36)/t24-/m0/s1. The second kappa shape index (κ2) is 10.1. The average Bonchev–Trinajstić information content (AvgIpc) is 3.00. The van der Waals surface area contributed by atoms with Crippen LogP contribution in [-0.4, -0.2) is 29.5 Å². The predicted molar refractivity (Wildman–Crippen MR) is 149 cm³/mol. The molecule has 0 bridgehead atoms. The highest BCUT2D eigenvalue weighted by Crippen LogP contribution is 2.30. The Morgan fingerprint density at radius 2 is 1.77 bits per heavy atom. The number of nitrogens with one attached hydrogen (secondary N) is 1. The summed E-state index contributed by atoms with van der Waals surface area (Å²) in [6, 6.07) is 22.1. The van der Waals surface area contributed by atoms with E-state index in [0.717, 1.165) is 10.9 Å². The summed E-state index contributed by atoms with van der Waals surface area (Å²) in [4.78, 5) is 36.4. The molecule has 6 aromatic rings. The Labute approximate surface area is 223 Å². The number of hydrogen-bond acceptors (Lipinski definition) is 8. The maximum Gasteiger partial charge on any atom is 0.266 e. The van der Waals surface area contributed by atoms with Crippen LogP contribution in [0.15, 0.2) is 96.6 Å². The molecule has 0 amide bonds. The van der Waals surface area contributed by atoms with Gasteiger partial charge in [-0.3, -0.25) is 9.36 Å².